The maximum Gasteiger partial charge on any atom is 0.223 e. The summed E-state index contributed by atoms with van der Waals surface area (Å²) in [7, 11) is 0. The first-order chi connectivity index (χ1) is 9.61. The molecule has 1 aromatic heterocycles. The van der Waals surface area contributed by atoms with Crippen LogP contribution in [0.5, 0.6) is 11.6 Å². The molecule has 104 valence electrons. The molecule has 0 aliphatic heterocycles. The van der Waals surface area contributed by atoms with Crippen LogP contribution >= 0.6 is 15.9 Å². The van der Waals surface area contributed by atoms with Crippen molar-refractivity contribution in [2.75, 3.05) is 0 Å². The molecule has 1 aromatic carbocycles. The van der Waals surface area contributed by atoms with E-state index in [1.54, 1.807) is 6.07 Å². The number of hydrogen-bond donors (Lipinski definition) is 0. The molecule has 3 nitrogen and oxygen atoms in total. The van der Waals surface area contributed by atoms with Crippen LogP contribution in [0, 0.1) is 0 Å². The topological polar surface area (TPSA) is 35.0 Å². The fourth-order valence-corrected chi connectivity index (χ4v) is 2.83. The van der Waals surface area contributed by atoms with Gasteiger partial charge < -0.3 is 4.74 Å². The average Bonchev–Trinajstić information content (AvgIpc) is 2.85. The van der Waals surface area contributed by atoms with Crippen LogP contribution in [0.15, 0.2) is 28.9 Å². The van der Waals surface area contributed by atoms with E-state index in [0.29, 0.717) is 5.88 Å². The van der Waals surface area contributed by atoms with Crippen molar-refractivity contribution in [2.24, 2.45) is 0 Å². The Morgan fingerprint density at radius 2 is 1.90 bits per heavy atom. The van der Waals surface area contributed by atoms with Crippen LogP contribution in [-0.2, 0) is 12.8 Å². The van der Waals surface area contributed by atoms with Crippen molar-refractivity contribution in [3.8, 4) is 11.6 Å². The second-order valence-electron chi connectivity index (χ2n) is 5.43. The van der Waals surface area contributed by atoms with Crippen molar-refractivity contribution < 1.29 is 4.74 Å². The Bertz CT molecular complexity index is 640. The molecular formula is C16H17BrN2O. The molecule has 0 atom stereocenters. The van der Waals surface area contributed by atoms with Crippen molar-refractivity contribution in [3.63, 3.8) is 0 Å². The normalized spacial score (nSPS) is 13.6. The zero-order valence-corrected chi connectivity index (χ0v) is 13.3. The molecule has 0 fully saturated rings. The first-order valence-electron chi connectivity index (χ1n) is 6.96. The third-order valence-corrected chi connectivity index (χ3v) is 3.90. The zero-order chi connectivity index (χ0) is 14.1. The van der Waals surface area contributed by atoms with Gasteiger partial charge in [0.2, 0.25) is 5.88 Å². The lowest BCUT2D eigenvalue weighted by molar-refractivity contribution is 0.455. The van der Waals surface area contributed by atoms with Gasteiger partial charge in [0, 0.05) is 12.0 Å². The zero-order valence-electron chi connectivity index (χ0n) is 11.7. The van der Waals surface area contributed by atoms with E-state index in [9.17, 15) is 0 Å². The fourth-order valence-electron chi connectivity index (χ4n) is 2.46. The Kier molecular flexibility index (Phi) is 3.74. The minimum atomic E-state index is 0.273. The Balaban J connectivity index is 1.87. The Hall–Kier alpha value is -1.42. The number of nitrogens with zero attached hydrogens (tertiary/aromatic N) is 2. The van der Waals surface area contributed by atoms with E-state index >= 15 is 0 Å². The maximum atomic E-state index is 5.89. The van der Waals surface area contributed by atoms with Crippen molar-refractivity contribution in [3.05, 3.63) is 45.8 Å². The Labute approximate surface area is 127 Å². The molecule has 1 aliphatic rings. The molecule has 0 saturated carbocycles. The Morgan fingerprint density at radius 1 is 1.10 bits per heavy atom. The van der Waals surface area contributed by atoms with E-state index in [4.69, 9.17) is 4.74 Å². The minimum Gasteiger partial charge on any atom is -0.439 e. The summed E-state index contributed by atoms with van der Waals surface area (Å²) in [6, 6.07) is 8.12. The highest BCUT2D eigenvalue weighted by Crippen LogP contribution is 2.29. The van der Waals surface area contributed by atoms with Crippen LogP contribution in [0.3, 0.4) is 0 Å². The van der Waals surface area contributed by atoms with Gasteiger partial charge in [-0.2, -0.15) is 4.98 Å². The van der Waals surface area contributed by atoms with Gasteiger partial charge in [-0.3, -0.25) is 0 Å². The monoisotopic (exact) mass is 332 g/mol. The summed E-state index contributed by atoms with van der Waals surface area (Å²) in [6.07, 6.45) is 3.58. The van der Waals surface area contributed by atoms with Crippen molar-refractivity contribution in [2.45, 2.75) is 39.0 Å². The molecule has 4 heteroatoms. The molecule has 0 bridgehead atoms. The highest BCUT2D eigenvalue weighted by Gasteiger charge is 2.13. The summed E-state index contributed by atoms with van der Waals surface area (Å²) in [6.45, 7) is 4.14. The summed E-state index contributed by atoms with van der Waals surface area (Å²) in [5, 5.41) is 0. The first-order valence-corrected chi connectivity index (χ1v) is 7.75. The van der Waals surface area contributed by atoms with Gasteiger partial charge in [0.05, 0.1) is 0 Å². The largest absolute Gasteiger partial charge is 0.439 e. The molecule has 0 spiro atoms. The summed E-state index contributed by atoms with van der Waals surface area (Å²) in [5.41, 5.74) is 2.85. The minimum absolute atomic E-state index is 0.273. The lowest BCUT2D eigenvalue weighted by atomic mass is 10.1. The highest BCUT2D eigenvalue weighted by atomic mass is 79.9. The quantitative estimate of drug-likeness (QED) is 0.767. The number of hydrogen-bond acceptors (Lipinski definition) is 3. The number of aromatic nitrogens is 2. The maximum absolute atomic E-state index is 5.89. The van der Waals surface area contributed by atoms with Crippen LogP contribution in [0.1, 0.15) is 43.1 Å². The van der Waals surface area contributed by atoms with E-state index in [2.05, 4.69) is 51.9 Å². The third-order valence-electron chi connectivity index (χ3n) is 3.50. The van der Waals surface area contributed by atoms with Crippen molar-refractivity contribution in [1.29, 1.82) is 0 Å². The molecule has 0 radical (unpaired) electrons. The van der Waals surface area contributed by atoms with Crippen LogP contribution in [-0.4, -0.2) is 9.97 Å². The third kappa shape index (κ3) is 2.85. The van der Waals surface area contributed by atoms with Gasteiger partial charge >= 0.3 is 0 Å². The second kappa shape index (κ2) is 5.52. The predicted molar refractivity (Wildman–Crippen MR) is 82.4 cm³/mol. The number of benzene rings is 1. The van der Waals surface area contributed by atoms with E-state index in [1.165, 1.54) is 24.0 Å². The van der Waals surface area contributed by atoms with Crippen LogP contribution in [0.2, 0.25) is 0 Å². The highest BCUT2D eigenvalue weighted by molar-refractivity contribution is 9.10. The average molecular weight is 333 g/mol. The molecule has 1 aliphatic carbocycles. The van der Waals surface area contributed by atoms with Crippen LogP contribution in [0.4, 0.5) is 0 Å². The first kappa shape index (κ1) is 13.6. The number of halogens is 1. The van der Waals surface area contributed by atoms with Gasteiger partial charge in [0.25, 0.3) is 0 Å². The standard InChI is InChI=1S/C16H17BrN2O/c1-10(2)16-18-14(17)9-15(19-16)20-13-7-6-11-4-3-5-12(11)8-13/h6-10H,3-5H2,1-2H3. The molecule has 2 aromatic rings. The molecule has 3 rings (SSSR count). The lowest BCUT2D eigenvalue weighted by Gasteiger charge is -2.10. The molecule has 0 unspecified atom stereocenters. The van der Waals surface area contributed by atoms with E-state index in [1.807, 2.05) is 6.07 Å². The molecule has 0 amide bonds. The van der Waals surface area contributed by atoms with Gasteiger partial charge in [-0.1, -0.05) is 19.9 Å². The summed E-state index contributed by atoms with van der Waals surface area (Å²) in [5.74, 6) is 2.50. The number of fused-ring (bicyclic) bond motifs is 1. The Morgan fingerprint density at radius 3 is 2.70 bits per heavy atom. The van der Waals surface area contributed by atoms with Crippen LogP contribution < -0.4 is 4.74 Å². The fraction of sp³-hybridized carbons (Fsp3) is 0.375. The van der Waals surface area contributed by atoms with E-state index in [0.717, 1.165) is 22.6 Å². The van der Waals surface area contributed by atoms with E-state index in [-0.39, 0.29) is 5.92 Å². The predicted octanol–water partition coefficient (Wildman–Crippen LogP) is 4.64. The van der Waals surface area contributed by atoms with Crippen molar-refractivity contribution >= 4 is 15.9 Å². The summed E-state index contributed by atoms with van der Waals surface area (Å²) >= 11 is 3.41. The lowest BCUT2D eigenvalue weighted by Crippen LogP contribution is -2.00. The van der Waals surface area contributed by atoms with Crippen molar-refractivity contribution in [1.82, 2.24) is 9.97 Å². The van der Waals surface area contributed by atoms with Gasteiger partial charge in [0.1, 0.15) is 16.2 Å². The molecular weight excluding hydrogens is 316 g/mol. The van der Waals surface area contributed by atoms with E-state index < -0.39 is 0 Å². The molecule has 0 N–H and O–H groups in total. The SMILES string of the molecule is CC(C)c1nc(Br)cc(Oc2ccc3c(c2)CCC3)n1. The molecule has 20 heavy (non-hydrogen) atoms. The smallest absolute Gasteiger partial charge is 0.223 e. The number of rotatable bonds is 3. The van der Waals surface area contributed by atoms with Crippen LogP contribution in [0.25, 0.3) is 0 Å². The summed E-state index contributed by atoms with van der Waals surface area (Å²) in [4.78, 5) is 8.82. The van der Waals surface area contributed by atoms with Gasteiger partial charge in [-0.15, -0.1) is 0 Å². The number of ether oxygens (including phenoxy) is 1. The van der Waals surface area contributed by atoms with Gasteiger partial charge in [-0.05, 0) is 58.5 Å². The molecule has 0 saturated heterocycles. The van der Waals surface area contributed by atoms with Gasteiger partial charge in [-0.25, -0.2) is 4.98 Å². The molecule has 1 heterocycles. The second-order valence-corrected chi connectivity index (χ2v) is 6.24. The number of aryl methyl sites for hydroxylation is 2. The summed E-state index contributed by atoms with van der Waals surface area (Å²) < 4.78 is 6.65. The van der Waals surface area contributed by atoms with Gasteiger partial charge in [0.15, 0.2) is 0 Å².